The van der Waals surface area contributed by atoms with Crippen LogP contribution in [-0.4, -0.2) is 12.0 Å². The molecule has 3 rings (SSSR count). The average molecular weight is 395 g/mol. The maximum atomic E-state index is 12.4. The van der Waals surface area contributed by atoms with Crippen LogP contribution in [0.4, 0.5) is 0 Å². The fourth-order valence-corrected chi connectivity index (χ4v) is 3.59. The Kier molecular flexibility index (Phi) is 4.93. The zero-order valence-electron chi connectivity index (χ0n) is 12.7. The lowest BCUT2D eigenvalue weighted by atomic mass is 10.1. The van der Waals surface area contributed by atoms with Gasteiger partial charge in [0.05, 0.1) is 10.5 Å². The van der Waals surface area contributed by atoms with E-state index in [4.69, 9.17) is 16.3 Å². The zero-order chi connectivity index (χ0) is 16.4. The number of carbonyl (C=O) groups excluding carboxylic acids is 1. The third-order valence-corrected chi connectivity index (χ3v) is 4.87. The summed E-state index contributed by atoms with van der Waals surface area (Å²) in [7, 11) is 0. The van der Waals surface area contributed by atoms with Crippen molar-refractivity contribution in [1.29, 1.82) is 0 Å². The lowest BCUT2D eigenvalue weighted by molar-refractivity contribution is -0.128. The molecule has 1 amide bonds. The van der Waals surface area contributed by atoms with Crippen molar-refractivity contribution in [1.82, 2.24) is 5.32 Å². The van der Waals surface area contributed by atoms with E-state index in [9.17, 15) is 4.79 Å². The first-order chi connectivity index (χ1) is 11.0. The Bertz CT molecular complexity index is 735. The average Bonchev–Trinajstić information content (AvgIpc) is 2.93. The number of nitrogens with one attached hydrogen (secondary N) is 1. The van der Waals surface area contributed by atoms with E-state index < -0.39 is 6.10 Å². The number of hydrogen-bond acceptors (Lipinski definition) is 2. The predicted octanol–water partition coefficient (Wildman–Crippen LogP) is 4.67. The topological polar surface area (TPSA) is 38.3 Å². The summed E-state index contributed by atoms with van der Waals surface area (Å²) in [5.74, 6) is 0.484. The summed E-state index contributed by atoms with van der Waals surface area (Å²) in [5.41, 5.74) is 2.52. The van der Waals surface area contributed by atoms with Crippen molar-refractivity contribution in [2.24, 2.45) is 0 Å². The Morgan fingerprint density at radius 2 is 2.13 bits per heavy atom. The van der Waals surface area contributed by atoms with Crippen molar-refractivity contribution in [2.75, 3.05) is 0 Å². The first-order valence-electron chi connectivity index (χ1n) is 7.54. The van der Waals surface area contributed by atoms with E-state index in [2.05, 4.69) is 33.4 Å². The van der Waals surface area contributed by atoms with Crippen molar-refractivity contribution in [3.8, 4) is 5.75 Å². The van der Waals surface area contributed by atoms with Gasteiger partial charge >= 0.3 is 0 Å². The molecule has 23 heavy (non-hydrogen) atoms. The third kappa shape index (κ3) is 3.70. The van der Waals surface area contributed by atoms with Crippen LogP contribution in [0.1, 0.15) is 30.5 Å². The molecule has 1 aliphatic carbocycles. The molecule has 120 valence electrons. The summed E-state index contributed by atoms with van der Waals surface area (Å²) in [6.07, 6.45) is 1.35. The molecule has 1 aliphatic rings. The summed E-state index contributed by atoms with van der Waals surface area (Å²) >= 11 is 9.31. The molecule has 3 nitrogen and oxygen atoms in total. The second kappa shape index (κ2) is 6.93. The van der Waals surface area contributed by atoms with E-state index in [1.165, 1.54) is 11.1 Å². The fourth-order valence-electron chi connectivity index (χ4n) is 2.81. The van der Waals surface area contributed by atoms with Gasteiger partial charge in [0.15, 0.2) is 6.10 Å². The molecule has 0 heterocycles. The minimum absolute atomic E-state index is 0.0680. The molecule has 2 aromatic rings. The van der Waals surface area contributed by atoms with E-state index in [0.29, 0.717) is 10.8 Å². The molecular weight excluding hydrogens is 378 g/mol. The number of ether oxygens (including phenoxy) is 1. The van der Waals surface area contributed by atoms with E-state index in [0.717, 1.165) is 17.3 Å². The van der Waals surface area contributed by atoms with E-state index >= 15 is 0 Å². The number of benzene rings is 2. The summed E-state index contributed by atoms with van der Waals surface area (Å²) in [4.78, 5) is 12.4. The number of carbonyl (C=O) groups is 1. The Morgan fingerprint density at radius 1 is 1.35 bits per heavy atom. The van der Waals surface area contributed by atoms with Crippen molar-refractivity contribution in [2.45, 2.75) is 31.9 Å². The number of aryl methyl sites for hydroxylation is 1. The minimum atomic E-state index is -0.583. The maximum Gasteiger partial charge on any atom is 0.261 e. The third-order valence-electron chi connectivity index (χ3n) is 4.02. The number of amides is 1. The van der Waals surface area contributed by atoms with Crippen molar-refractivity contribution < 1.29 is 9.53 Å². The molecule has 0 saturated heterocycles. The van der Waals surface area contributed by atoms with Crippen LogP contribution in [0.2, 0.25) is 5.02 Å². The summed E-state index contributed by atoms with van der Waals surface area (Å²) in [6.45, 7) is 1.75. The van der Waals surface area contributed by atoms with Gasteiger partial charge in [0, 0.05) is 5.02 Å². The Labute approximate surface area is 149 Å². The molecule has 2 aromatic carbocycles. The van der Waals surface area contributed by atoms with Gasteiger partial charge in [-0.25, -0.2) is 0 Å². The molecule has 0 aliphatic heterocycles. The normalized spacial score (nSPS) is 17.4. The smallest absolute Gasteiger partial charge is 0.261 e. The number of fused-ring (bicyclic) bond motifs is 1. The van der Waals surface area contributed by atoms with Gasteiger partial charge in [-0.3, -0.25) is 4.79 Å². The van der Waals surface area contributed by atoms with Crippen LogP contribution in [0.5, 0.6) is 5.75 Å². The molecule has 0 aromatic heterocycles. The summed E-state index contributed by atoms with van der Waals surface area (Å²) in [6, 6.07) is 13.5. The highest BCUT2D eigenvalue weighted by Crippen LogP contribution is 2.31. The standard InChI is InChI=1S/C18H17BrClNO2/c1-11(23-17-9-7-13(20)10-15(17)19)18(22)21-16-8-6-12-4-2-3-5-14(12)16/h2-5,7,9-11,16H,6,8H2,1H3,(H,21,22). The van der Waals surface area contributed by atoms with Gasteiger partial charge in [0.25, 0.3) is 5.91 Å². The van der Waals surface area contributed by atoms with Gasteiger partial charge in [-0.1, -0.05) is 35.9 Å². The van der Waals surface area contributed by atoms with Gasteiger partial charge in [-0.15, -0.1) is 0 Å². The molecule has 2 unspecified atom stereocenters. The molecule has 1 N–H and O–H groups in total. The highest BCUT2D eigenvalue weighted by molar-refractivity contribution is 9.10. The van der Waals surface area contributed by atoms with Gasteiger partial charge in [-0.05, 0) is 65.0 Å². The van der Waals surface area contributed by atoms with Crippen LogP contribution in [0, 0.1) is 0 Å². The first-order valence-corrected chi connectivity index (χ1v) is 8.71. The molecule has 0 saturated carbocycles. The second-order valence-electron chi connectivity index (χ2n) is 5.63. The lowest BCUT2D eigenvalue weighted by Crippen LogP contribution is -2.38. The Hall–Kier alpha value is -1.52. The number of halogens is 2. The number of hydrogen-bond donors (Lipinski definition) is 1. The van der Waals surface area contributed by atoms with Crippen LogP contribution in [-0.2, 0) is 11.2 Å². The fraction of sp³-hybridized carbons (Fsp3) is 0.278. The lowest BCUT2D eigenvalue weighted by Gasteiger charge is -2.19. The van der Waals surface area contributed by atoms with Crippen molar-refractivity contribution in [3.05, 3.63) is 63.1 Å². The van der Waals surface area contributed by atoms with Crippen LogP contribution in [0.25, 0.3) is 0 Å². The van der Waals surface area contributed by atoms with Crippen LogP contribution in [0.3, 0.4) is 0 Å². The molecule has 0 fully saturated rings. The first kappa shape index (κ1) is 16.3. The molecular formula is C18H17BrClNO2. The van der Waals surface area contributed by atoms with E-state index in [-0.39, 0.29) is 11.9 Å². The monoisotopic (exact) mass is 393 g/mol. The zero-order valence-corrected chi connectivity index (χ0v) is 15.0. The predicted molar refractivity (Wildman–Crippen MR) is 94.9 cm³/mol. The molecule has 0 radical (unpaired) electrons. The molecule has 5 heteroatoms. The van der Waals surface area contributed by atoms with Crippen molar-refractivity contribution >= 4 is 33.4 Å². The molecule has 0 bridgehead atoms. The van der Waals surface area contributed by atoms with Gasteiger partial charge in [0.1, 0.15) is 5.75 Å². The van der Waals surface area contributed by atoms with E-state index in [1.807, 2.05) is 12.1 Å². The SMILES string of the molecule is CC(Oc1ccc(Cl)cc1Br)C(=O)NC1CCc2ccccc21. The Balaban J connectivity index is 1.64. The molecule has 0 spiro atoms. The number of rotatable bonds is 4. The van der Waals surface area contributed by atoms with Gasteiger partial charge in [-0.2, -0.15) is 0 Å². The highest BCUT2D eigenvalue weighted by atomic mass is 79.9. The second-order valence-corrected chi connectivity index (χ2v) is 6.92. The quantitative estimate of drug-likeness (QED) is 0.818. The van der Waals surface area contributed by atoms with E-state index in [1.54, 1.807) is 25.1 Å². The Morgan fingerprint density at radius 3 is 2.91 bits per heavy atom. The minimum Gasteiger partial charge on any atom is -0.480 e. The highest BCUT2D eigenvalue weighted by Gasteiger charge is 2.26. The van der Waals surface area contributed by atoms with Crippen LogP contribution >= 0.6 is 27.5 Å². The largest absolute Gasteiger partial charge is 0.480 e. The van der Waals surface area contributed by atoms with Gasteiger partial charge in [0.2, 0.25) is 0 Å². The summed E-state index contributed by atoms with van der Waals surface area (Å²) in [5, 5.41) is 3.70. The molecule has 2 atom stereocenters. The van der Waals surface area contributed by atoms with Crippen LogP contribution in [0.15, 0.2) is 46.9 Å². The maximum absolute atomic E-state index is 12.4. The van der Waals surface area contributed by atoms with Gasteiger partial charge < -0.3 is 10.1 Å². The summed E-state index contributed by atoms with van der Waals surface area (Å²) < 4.78 is 6.47. The van der Waals surface area contributed by atoms with Crippen molar-refractivity contribution in [3.63, 3.8) is 0 Å². The van der Waals surface area contributed by atoms with Crippen LogP contribution < -0.4 is 10.1 Å².